The SMILES string of the molecule is CN(C)CC1CCCN(S(=O)(=O)NC(=O)Nc2c3c(cc4c2CCC4)CCC3)C1. The van der Waals surface area contributed by atoms with Crippen LogP contribution in [0, 0.1) is 5.92 Å². The molecule has 0 radical (unpaired) electrons. The number of carbonyl (C=O) groups is 1. The third-order valence-electron chi connectivity index (χ3n) is 6.38. The zero-order valence-corrected chi connectivity index (χ0v) is 18.3. The van der Waals surface area contributed by atoms with Crippen LogP contribution in [0.15, 0.2) is 6.07 Å². The number of piperidine rings is 1. The van der Waals surface area contributed by atoms with E-state index in [-0.39, 0.29) is 0 Å². The molecule has 2 amide bonds. The van der Waals surface area contributed by atoms with Gasteiger partial charge in [0.1, 0.15) is 0 Å². The van der Waals surface area contributed by atoms with Crippen LogP contribution < -0.4 is 10.0 Å². The van der Waals surface area contributed by atoms with E-state index in [4.69, 9.17) is 0 Å². The van der Waals surface area contributed by atoms with E-state index in [2.05, 4.69) is 21.0 Å². The largest absolute Gasteiger partial charge is 0.333 e. The Labute approximate surface area is 174 Å². The van der Waals surface area contributed by atoms with Crippen LogP contribution in [0.5, 0.6) is 0 Å². The monoisotopic (exact) mass is 420 g/mol. The summed E-state index contributed by atoms with van der Waals surface area (Å²) in [5, 5.41) is 2.92. The lowest BCUT2D eigenvalue weighted by molar-refractivity contribution is 0.216. The van der Waals surface area contributed by atoms with Crippen LogP contribution in [-0.2, 0) is 35.9 Å². The van der Waals surface area contributed by atoms with Gasteiger partial charge in [-0.05, 0) is 93.6 Å². The normalized spacial score (nSPS) is 21.8. The fraction of sp³-hybridized carbons (Fsp3) is 0.667. The highest BCUT2D eigenvalue weighted by molar-refractivity contribution is 7.87. The Morgan fingerprint density at radius 3 is 2.38 bits per heavy atom. The first-order chi connectivity index (χ1) is 13.8. The van der Waals surface area contributed by atoms with Gasteiger partial charge in [0.25, 0.3) is 0 Å². The number of anilines is 1. The average Bonchev–Trinajstić information content (AvgIpc) is 3.29. The van der Waals surface area contributed by atoms with E-state index in [1.54, 1.807) is 0 Å². The summed E-state index contributed by atoms with van der Waals surface area (Å²) < 4.78 is 29.3. The van der Waals surface area contributed by atoms with Crippen LogP contribution in [0.25, 0.3) is 0 Å². The maximum absolute atomic E-state index is 12.8. The van der Waals surface area contributed by atoms with Gasteiger partial charge in [-0.15, -0.1) is 0 Å². The molecule has 1 fully saturated rings. The Hall–Kier alpha value is -1.64. The Bertz CT molecular complexity index is 865. The lowest BCUT2D eigenvalue weighted by atomic mass is 9.99. The van der Waals surface area contributed by atoms with E-state index in [1.165, 1.54) is 26.6 Å². The molecular weight excluding hydrogens is 388 g/mol. The van der Waals surface area contributed by atoms with E-state index in [9.17, 15) is 13.2 Å². The average molecular weight is 421 g/mol. The second kappa shape index (κ2) is 8.24. The number of rotatable bonds is 5. The van der Waals surface area contributed by atoms with Gasteiger partial charge in [0.2, 0.25) is 0 Å². The molecule has 1 aromatic rings. The fourth-order valence-corrected chi connectivity index (χ4v) is 6.39. The lowest BCUT2D eigenvalue weighted by Gasteiger charge is -2.33. The van der Waals surface area contributed by atoms with Crippen LogP contribution in [0.3, 0.4) is 0 Å². The molecule has 1 heterocycles. The van der Waals surface area contributed by atoms with E-state index in [1.807, 2.05) is 14.1 Å². The molecule has 1 aromatic carbocycles. The third-order valence-corrected chi connectivity index (χ3v) is 7.83. The fourth-order valence-electron chi connectivity index (χ4n) is 5.20. The van der Waals surface area contributed by atoms with E-state index < -0.39 is 16.2 Å². The number of carbonyl (C=O) groups excluding carboxylic acids is 1. The van der Waals surface area contributed by atoms with E-state index >= 15 is 0 Å². The standard InChI is InChI=1S/C21H32N4O3S/c1-24(2)13-15-6-5-11-25(14-15)29(27,28)23-21(26)22-20-18-9-3-7-16(18)12-17-8-4-10-19(17)20/h12,15H,3-11,13-14H2,1-2H3,(H2,22,23,26). The molecule has 160 valence electrons. The predicted octanol–water partition coefficient (Wildman–Crippen LogP) is 2.30. The molecule has 0 saturated carbocycles. The van der Waals surface area contributed by atoms with Crippen LogP contribution in [0.2, 0.25) is 0 Å². The smallest absolute Gasteiger partial charge is 0.309 e. The number of nitrogens with zero attached hydrogens (tertiary/aromatic N) is 2. The summed E-state index contributed by atoms with van der Waals surface area (Å²) in [6.45, 7) is 1.76. The van der Waals surface area contributed by atoms with Gasteiger partial charge in [0, 0.05) is 25.3 Å². The van der Waals surface area contributed by atoms with Crippen molar-refractivity contribution in [2.24, 2.45) is 5.92 Å². The van der Waals surface area contributed by atoms with Crippen molar-refractivity contribution in [3.8, 4) is 0 Å². The predicted molar refractivity (Wildman–Crippen MR) is 114 cm³/mol. The van der Waals surface area contributed by atoms with Crippen molar-refractivity contribution in [3.05, 3.63) is 28.3 Å². The highest BCUT2D eigenvalue weighted by Gasteiger charge is 2.31. The highest BCUT2D eigenvalue weighted by Crippen LogP contribution is 2.38. The van der Waals surface area contributed by atoms with Crippen LogP contribution in [0.4, 0.5) is 10.5 Å². The summed E-state index contributed by atoms with van der Waals surface area (Å²) in [4.78, 5) is 14.8. The zero-order valence-electron chi connectivity index (χ0n) is 17.5. The number of nitrogens with one attached hydrogen (secondary N) is 2. The van der Waals surface area contributed by atoms with Gasteiger partial charge in [0.05, 0.1) is 0 Å². The van der Waals surface area contributed by atoms with Crippen molar-refractivity contribution in [2.75, 3.05) is 39.0 Å². The van der Waals surface area contributed by atoms with Crippen molar-refractivity contribution >= 4 is 21.9 Å². The van der Waals surface area contributed by atoms with Crippen molar-refractivity contribution < 1.29 is 13.2 Å². The van der Waals surface area contributed by atoms with Crippen molar-refractivity contribution in [1.82, 2.24) is 13.9 Å². The number of hydrogen-bond acceptors (Lipinski definition) is 4. The summed E-state index contributed by atoms with van der Waals surface area (Å²) in [7, 11) is 0.145. The minimum Gasteiger partial charge on any atom is -0.309 e. The molecule has 4 rings (SSSR count). The summed E-state index contributed by atoms with van der Waals surface area (Å²) >= 11 is 0. The summed E-state index contributed by atoms with van der Waals surface area (Å²) in [6.07, 6.45) is 7.99. The van der Waals surface area contributed by atoms with Crippen LogP contribution >= 0.6 is 0 Å². The molecule has 3 aliphatic rings. The molecule has 29 heavy (non-hydrogen) atoms. The van der Waals surface area contributed by atoms with Gasteiger partial charge in [-0.25, -0.2) is 9.52 Å². The number of amides is 2. The van der Waals surface area contributed by atoms with E-state index in [0.29, 0.717) is 19.0 Å². The summed E-state index contributed by atoms with van der Waals surface area (Å²) in [6, 6.07) is 1.65. The molecule has 0 bridgehead atoms. The molecular formula is C21H32N4O3S. The Morgan fingerprint density at radius 1 is 1.10 bits per heavy atom. The first-order valence-electron chi connectivity index (χ1n) is 10.7. The molecule has 1 unspecified atom stereocenters. The van der Waals surface area contributed by atoms with Gasteiger partial charge in [0.15, 0.2) is 0 Å². The van der Waals surface area contributed by atoms with Gasteiger partial charge in [-0.3, -0.25) is 0 Å². The summed E-state index contributed by atoms with van der Waals surface area (Å²) in [5.41, 5.74) is 5.88. The molecule has 2 N–H and O–H groups in total. The van der Waals surface area contributed by atoms with Gasteiger partial charge >= 0.3 is 16.2 Å². The minimum atomic E-state index is -3.85. The molecule has 1 atom stereocenters. The lowest BCUT2D eigenvalue weighted by Crippen LogP contribution is -2.50. The van der Waals surface area contributed by atoms with Gasteiger partial charge < -0.3 is 10.2 Å². The molecule has 0 aromatic heterocycles. The number of benzene rings is 1. The molecule has 2 aliphatic carbocycles. The van der Waals surface area contributed by atoms with Crippen molar-refractivity contribution in [1.29, 1.82) is 0 Å². The molecule has 1 aliphatic heterocycles. The first-order valence-corrected chi connectivity index (χ1v) is 12.2. The molecule has 1 saturated heterocycles. The Kier molecular flexibility index (Phi) is 5.86. The van der Waals surface area contributed by atoms with Gasteiger partial charge in [-0.2, -0.15) is 12.7 Å². The first kappa shape index (κ1) is 20.6. The van der Waals surface area contributed by atoms with Crippen molar-refractivity contribution in [2.45, 2.75) is 51.4 Å². The van der Waals surface area contributed by atoms with Crippen LogP contribution in [-0.4, -0.2) is 57.4 Å². The van der Waals surface area contributed by atoms with E-state index in [0.717, 1.165) is 63.6 Å². The second-order valence-corrected chi connectivity index (χ2v) is 10.6. The maximum Gasteiger partial charge on any atom is 0.333 e. The third kappa shape index (κ3) is 4.44. The number of aryl methyl sites for hydroxylation is 2. The maximum atomic E-state index is 12.8. The molecule has 0 spiro atoms. The second-order valence-electron chi connectivity index (χ2n) is 8.92. The topological polar surface area (TPSA) is 81.8 Å². The van der Waals surface area contributed by atoms with Crippen LogP contribution in [0.1, 0.15) is 47.9 Å². The molecule has 7 nitrogen and oxygen atoms in total. The highest BCUT2D eigenvalue weighted by atomic mass is 32.2. The number of fused-ring (bicyclic) bond motifs is 2. The molecule has 8 heteroatoms. The summed E-state index contributed by atoms with van der Waals surface area (Å²) in [5.74, 6) is 0.291. The number of urea groups is 1. The van der Waals surface area contributed by atoms with Crippen molar-refractivity contribution in [3.63, 3.8) is 0 Å². The number of hydrogen-bond donors (Lipinski definition) is 2. The quantitative estimate of drug-likeness (QED) is 0.766. The minimum absolute atomic E-state index is 0.291. The van der Waals surface area contributed by atoms with Gasteiger partial charge in [-0.1, -0.05) is 6.07 Å². The Balaban J connectivity index is 1.46. The Morgan fingerprint density at radius 2 is 1.76 bits per heavy atom. The zero-order chi connectivity index (χ0) is 20.6.